The highest BCUT2D eigenvalue weighted by molar-refractivity contribution is 7.10. The second-order valence-electron chi connectivity index (χ2n) is 3.17. The summed E-state index contributed by atoms with van der Waals surface area (Å²) in [6, 6.07) is 8.22. The van der Waals surface area contributed by atoms with Crippen LogP contribution in [0.2, 0.25) is 5.02 Å². The summed E-state index contributed by atoms with van der Waals surface area (Å²) in [5.74, 6) is -0.418. The molecule has 86 valence electrons. The fraction of sp³-hybridized carbons (Fsp3) is 0.0909. The third kappa shape index (κ3) is 2.74. The molecule has 0 aliphatic rings. The minimum Gasteiger partial charge on any atom is -0.320 e. The molecule has 16 heavy (non-hydrogen) atoms. The molecule has 0 radical (unpaired) electrons. The highest BCUT2D eigenvalue weighted by Gasteiger charge is 2.11. The SMILES string of the molecule is Cl.N[C@H](c1ccc(F)c(Cl)c1)c1cccs1. The zero-order valence-electron chi connectivity index (χ0n) is 8.19. The largest absolute Gasteiger partial charge is 0.320 e. The standard InChI is InChI=1S/C11H9ClFNS.ClH/c12-8-6-7(3-4-9(8)13)11(14)10-2-1-5-15-10;/h1-6,11H,14H2;1H/t11-;/m1./s1. The Bertz CT molecular complexity index is 459. The van der Waals surface area contributed by atoms with Gasteiger partial charge in [0, 0.05) is 4.88 Å². The van der Waals surface area contributed by atoms with Crippen molar-refractivity contribution in [2.45, 2.75) is 6.04 Å². The van der Waals surface area contributed by atoms with Gasteiger partial charge in [0.25, 0.3) is 0 Å². The Kier molecular flexibility index (Phi) is 4.74. The second kappa shape index (κ2) is 5.64. The maximum Gasteiger partial charge on any atom is 0.141 e. The molecule has 1 aromatic heterocycles. The molecule has 0 unspecified atom stereocenters. The number of halogens is 3. The van der Waals surface area contributed by atoms with Gasteiger partial charge in [-0.2, -0.15) is 0 Å². The van der Waals surface area contributed by atoms with Crippen LogP contribution in [-0.2, 0) is 0 Å². The van der Waals surface area contributed by atoms with E-state index in [9.17, 15) is 4.39 Å². The van der Waals surface area contributed by atoms with E-state index in [1.165, 1.54) is 6.07 Å². The third-order valence-corrected chi connectivity index (χ3v) is 3.40. The van der Waals surface area contributed by atoms with Crippen molar-refractivity contribution < 1.29 is 4.39 Å². The number of hydrogen-bond donors (Lipinski definition) is 1. The summed E-state index contributed by atoms with van der Waals surface area (Å²) in [4.78, 5) is 1.04. The van der Waals surface area contributed by atoms with Gasteiger partial charge in [-0.25, -0.2) is 4.39 Å². The van der Waals surface area contributed by atoms with E-state index >= 15 is 0 Å². The molecular weight excluding hydrogens is 268 g/mol. The lowest BCUT2D eigenvalue weighted by atomic mass is 10.1. The van der Waals surface area contributed by atoms with Crippen LogP contribution in [0.3, 0.4) is 0 Å². The molecule has 5 heteroatoms. The van der Waals surface area contributed by atoms with Crippen LogP contribution in [0.1, 0.15) is 16.5 Å². The molecule has 2 rings (SSSR count). The van der Waals surface area contributed by atoms with Crippen molar-refractivity contribution in [3.8, 4) is 0 Å². The van der Waals surface area contributed by atoms with Gasteiger partial charge in [0.15, 0.2) is 0 Å². The molecule has 1 atom stereocenters. The van der Waals surface area contributed by atoms with E-state index in [1.54, 1.807) is 23.5 Å². The first-order valence-electron chi connectivity index (χ1n) is 4.42. The van der Waals surface area contributed by atoms with E-state index in [0.717, 1.165) is 10.4 Å². The van der Waals surface area contributed by atoms with Crippen molar-refractivity contribution in [2.24, 2.45) is 5.73 Å². The van der Waals surface area contributed by atoms with Gasteiger partial charge in [-0.15, -0.1) is 23.7 Å². The normalized spacial score (nSPS) is 11.9. The van der Waals surface area contributed by atoms with Crippen molar-refractivity contribution in [1.29, 1.82) is 0 Å². The monoisotopic (exact) mass is 277 g/mol. The molecule has 0 saturated carbocycles. The number of thiophene rings is 1. The first kappa shape index (κ1) is 13.5. The Morgan fingerprint density at radius 1 is 1.31 bits per heavy atom. The van der Waals surface area contributed by atoms with Crippen LogP contribution in [0, 0.1) is 5.82 Å². The van der Waals surface area contributed by atoms with E-state index in [2.05, 4.69) is 0 Å². The second-order valence-corrected chi connectivity index (χ2v) is 4.55. The quantitative estimate of drug-likeness (QED) is 0.882. The molecule has 0 aliphatic carbocycles. The summed E-state index contributed by atoms with van der Waals surface area (Å²) < 4.78 is 12.9. The van der Waals surface area contributed by atoms with Gasteiger partial charge in [-0.3, -0.25) is 0 Å². The molecule has 1 nitrogen and oxygen atoms in total. The van der Waals surface area contributed by atoms with Crippen LogP contribution in [0.5, 0.6) is 0 Å². The fourth-order valence-corrected chi connectivity index (χ4v) is 2.28. The molecular formula is C11H10Cl2FNS. The van der Waals surface area contributed by atoms with Crippen molar-refractivity contribution in [1.82, 2.24) is 0 Å². The first-order valence-corrected chi connectivity index (χ1v) is 5.68. The fourth-order valence-electron chi connectivity index (χ4n) is 1.34. The third-order valence-electron chi connectivity index (χ3n) is 2.15. The topological polar surface area (TPSA) is 26.0 Å². The van der Waals surface area contributed by atoms with Crippen molar-refractivity contribution in [3.05, 3.63) is 57.0 Å². The molecule has 2 N–H and O–H groups in total. The Hall–Kier alpha value is -0.610. The average Bonchev–Trinajstić information content (AvgIpc) is 2.74. The molecule has 0 spiro atoms. The maximum absolute atomic E-state index is 12.9. The lowest BCUT2D eigenvalue weighted by Crippen LogP contribution is -2.10. The van der Waals surface area contributed by atoms with Gasteiger partial charge in [0.1, 0.15) is 5.82 Å². The van der Waals surface area contributed by atoms with Gasteiger partial charge in [-0.1, -0.05) is 23.7 Å². The summed E-state index contributed by atoms with van der Waals surface area (Å²) in [6.07, 6.45) is 0. The predicted octanol–water partition coefficient (Wildman–Crippen LogP) is 4.01. The summed E-state index contributed by atoms with van der Waals surface area (Å²) in [7, 11) is 0. The van der Waals surface area contributed by atoms with Gasteiger partial charge >= 0.3 is 0 Å². The predicted molar refractivity (Wildman–Crippen MR) is 69.0 cm³/mol. The van der Waals surface area contributed by atoms with E-state index in [0.29, 0.717) is 0 Å². The van der Waals surface area contributed by atoms with E-state index < -0.39 is 5.82 Å². The molecule has 0 saturated heterocycles. The van der Waals surface area contributed by atoms with Crippen LogP contribution >= 0.6 is 35.3 Å². The average molecular weight is 278 g/mol. The lowest BCUT2D eigenvalue weighted by molar-refractivity contribution is 0.627. The Labute approximate surface area is 108 Å². The number of rotatable bonds is 2. The van der Waals surface area contributed by atoms with Crippen LogP contribution in [-0.4, -0.2) is 0 Å². The minimum absolute atomic E-state index is 0. The minimum atomic E-state index is -0.418. The number of nitrogens with two attached hydrogens (primary N) is 1. The van der Waals surface area contributed by atoms with Gasteiger partial charge in [0.05, 0.1) is 11.1 Å². The Morgan fingerprint density at radius 2 is 2.06 bits per heavy atom. The highest BCUT2D eigenvalue weighted by Crippen LogP contribution is 2.26. The van der Waals surface area contributed by atoms with E-state index in [1.807, 2.05) is 17.5 Å². The summed E-state index contributed by atoms with van der Waals surface area (Å²) >= 11 is 7.27. The first-order chi connectivity index (χ1) is 7.18. The zero-order chi connectivity index (χ0) is 10.8. The highest BCUT2D eigenvalue weighted by atomic mass is 35.5. The summed E-state index contributed by atoms with van der Waals surface area (Å²) in [6.45, 7) is 0. The molecule has 2 aromatic rings. The summed E-state index contributed by atoms with van der Waals surface area (Å²) in [5.41, 5.74) is 6.83. The molecule has 0 bridgehead atoms. The van der Waals surface area contributed by atoms with Crippen LogP contribution in [0.25, 0.3) is 0 Å². The smallest absolute Gasteiger partial charge is 0.141 e. The molecule has 0 fully saturated rings. The molecule has 1 aromatic carbocycles. The molecule has 0 aliphatic heterocycles. The van der Waals surface area contributed by atoms with Crippen LogP contribution in [0.4, 0.5) is 4.39 Å². The van der Waals surface area contributed by atoms with Gasteiger partial charge in [0.2, 0.25) is 0 Å². The lowest BCUT2D eigenvalue weighted by Gasteiger charge is -2.10. The molecule has 1 heterocycles. The summed E-state index contributed by atoms with van der Waals surface area (Å²) in [5, 5.41) is 2.07. The van der Waals surface area contributed by atoms with Gasteiger partial charge in [-0.05, 0) is 29.1 Å². The van der Waals surface area contributed by atoms with Crippen molar-refractivity contribution >= 4 is 35.3 Å². The van der Waals surface area contributed by atoms with Gasteiger partial charge < -0.3 is 5.73 Å². The van der Waals surface area contributed by atoms with E-state index in [4.69, 9.17) is 17.3 Å². The number of hydrogen-bond acceptors (Lipinski definition) is 2. The Balaban J connectivity index is 0.00000128. The Morgan fingerprint density at radius 3 is 2.62 bits per heavy atom. The van der Waals surface area contributed by atoms with E-state index in [-0.39, 0.29) is 23.5 Å². The zero-order valence-corrected chi connectivity index (χ0v) is 10.6. The van der Waals surface area contributed by atoms with Crippen LogP contribution in [0.15, 0.2) is 35.7 Å². The van der Waals surface area contributed by atoms with Crippen molar-refractivity contribution in [3.63, 3.8) is 0 Å². The molecule has 0 amide bonds. The number of benzene rings is 1. The van der Waals surface area contributed by atoms with Crippen LogP contribution < -0.4 is 5.73 Å². The van der Waals surface area contributed by atoms with Crippen molar-refractivity contribution in [2.75, 3.05) is 0 Å². The maximum atomic E-state index is 12.9.